The first-order valence-corrected chi connectivity index (χ1v) is 9.27. The van der Waals surface area contributed by atoms with Crippen molar-refractivity contribution in [2.45, 2.75) is 19.9 Å². The molecule has 1 fully saturated rings. The number of nitrogens with zero attached hydrogens (tertiary/aromatic N) is 4. The summed E-state index contributed by atoms with van der Waals surface area (Å²) in [6.45, 7) is 8.97. The van der Waals surface area contributed by atoms with Crippen LogP contribution in [-0.4, -0.2) is 66.2 Å². The normalized spacial score (nSPS) is 15.8. The molecule has 0 bridgehead atoms. The Kier molecular flexibility index (Phi) is 6.80. The van der Waals surface area contributed by atoms with Gasteiger partial charge >= 0.3 is 0 Å². The number of ether oxygens (including phenoxy) is 2. The summed E-state index contributed by atoms with van der Waals surface area (Å²) >= 11 is 0. The van der Waals surface area contributed by atoms with Crippen LogP contribution in [-0.2, 0) is 13.0 Å². The molecule has 1 aliphatic rings. The van der Waals surface area contributed by atoms with Crippen molar-refractivity contribution in [3.05, 3.63) is 48.0 Å². The average molecular weight is 356 g/mol. The molecule has 0 saturated carbocycles. The summed E-state index contributed by atoms with van der Waals surface area (Å²) in [5.41, 5.74) is 2.33. The van der Waals surface area contributed by atoms with Gasteiger partial charge in [0.05, 0.1) is 19.4 Å². The van der Waals surface area contributed by atoms with Gasteiger partial charge < -0.3 is 14.4 Å². The second kappa shape index (κ2) is 9.50. The molecule has 0 atom stereocenters. The molecule has 0 aliphatic carbocycles. The molecule has 6 nitrogen and oxygen atoms in total. The Labute approximate surface area is 155 Å². The van der Waals surface area contributed by atoms with E-state index < -0.39 is 0 Å². The molecule has 0 spiro atoms. The molecular weight excluding hydrogens is 328 g/mol. The van der Waals surface area contributed by atoms with Crippen LogP contribution in [0.25, 0.3) is 0 Å². The zero-order chi connectivity index (χ0) is 18.2. The fourth-order valence-corrected chi connectivity index (χ4v) is 3.25. The molecule has 1 aromatic heterocycles. The van der Waals surface area contributed by atoms with Gasteiger partial charge in [-0.3, -0.25) is 14.9 Å². The van der Waals surface area contributed by atoms with E-state index in [4.69, 9.17) is 9.47 Å². The van der Waals surface area contributed by atoms with Gasteiger partial charge in [-0.1, -0.05) is 6.07 Å². The summed E-state index contributed by atoms with van der Waals surface area (Å²) in [6, 6.07) is 6.22. The highest BCUT2D eigenvalue weighted by molar-refractivity contribution is 5.43. The van der Waals surface area contributed by atoms with Gasteiger partial charge in [0.25, 0.3) is 0 Å². The van der Waals surface area contributed by atoms with Gasteiger partial charge in [-0.25, -0.2) is 0 Å². The molecule has 1 aromatic carbocycles. The number of piperazine rings is 1. The maximum absolute atomic E-state index is 5.69. The molecule has 1 saturated heterocycles. The van der Waals surface area contributed by atoms with Crippen LogP contribution >= 0.6 is 0 Å². The Morgan fingerprint density at radius 2 is 1.85 bits per heavy atom. The zero-order valence-corrected chi connectivity index (χ0v) is 15.7. The van der Waals surface area contributed by atoms with Gasteiger partial charge in [0, 0.05) is 64.3 Å². The Hall–Kier alpha value is -2.18. The first kappa shape index (κ1) is 18.6. The van der Waals surface area contributed by atoms with Crippen LogP contribution in [0.5, 0.6) is 11.5 Å². The fourth-order valence-electron chi connectivity index (χ4n) is 3.25. The second-order valence-electron chi connectivity index (χ2n) is 6.48. The highest BCUT2D eigenvalue weighted by Crippen LogP contribution is 2.28. The van der Waals surface area contributed by atoms with E-state index in [-0.39, 0.29) is 0 Å². The molecule has 26 heavy (non-hydrogen) atoms. The van der Waals surface area contributed by atoms with Gasteiger partial charge in [0.2, 0.25) is 0 Å². The quantitative estimate of drug-likeness (QED) is 0.723. The molecule has 3 rings (SSSR count). The minimum Gasteiger partial charge on any atom is -0.493 e. The lowest BCUT2D eigenvalue weighted by molar-refractivity contribution is 0.128. The van der Waals surface area contributed by atoms with Crippen molar-refractivity contribution in [1.82, 2.24) is 19.8 Å². The van der Waals surface area contributed by atoms with Crippen molar-refractivity contribution in [3.8, 4) is 11.5 Å². The molecule has 140 valence electrons. The van der Waals surface area contributed by atoms with Gasteiger partial charge in [-0.2, -0.15) is 0 Å². The summed E-state index contributed by atoms with van der Waals surface area (Å²) in [5, 5.41) is 0. The van der Waals surface area contributed by atoms with Crippen molar-refractivity contribution >= 4 is 0 Å². The summed E-state index contributed by atoms with van der Waals surface area (Å²) in [4.78, 5) is 13.5. The molecule has 2 heterocycles. The van der Waals surface area contributed by atoms with E-state index in [9.17, 15) is 0 Å². The fraction of sp³-hybridized carbons (Fsp3) is 0.500. The van der Waals surface area contributed by atoms with Crippen LogP contribution in [0.2, 0.25) is 0 Å². The Morgan fingerprint density at radius 1 is 1.04 bits per heavy atom. The van der Waals surface area contributed by atoms with Crippen LogP contribution in [0.4, 0.5) is 0 Å². The number of hydrogen-bond donors (Lipinski definition) is 0. The molecule has 0 amide bonds. The SMILES string of the molecule is CCOc1cc(CN2CCN(CCc3cnccn3)CC2)ccc1OC. The first-order chi connectivity index (χ1) is 12.8. The van der Waals surface area contributed by atoms with Crippen LogP contribution in [0.3, 0.4) is 0 Å². The maximum atomic E-state index is 5.69. The second-order valence-corrected chi connectivity index (χ2v) is 6.48. The third kappa shape index (κ3) is 5.16. The number of aromatic nitrogens is 2. The molecule has 0 unspecified atom stereocenters. The van der Waals surface area contributed by atoms with Crippen LogP contribution in [0, 0.1) is 0 Å². The summed E-state index contributed by atoms with van der Waals surface area (Å²) in [6.07, 6.45) is 6.30. The van der Waals surface area contributed by atoms with E-state index in [0.717, 1.165) is 62.9 Å². The van der Waals surface area contributed by atoms with Crippen molar-refractivity contribution in [1.29, 1.82) is 0 Å². The predicted molar refractivity (Wildman–Crippen MR) is 102 cm³/mol. The minimum absolute atomic E-state index is 0.643. The third-order valence-electron chi connectivity index (χ3n) is 4.70. The van der Waals surface area contributed by atoms with Gasteiger partial charge in [0.15, 0.2) is 11.5 Å². The number of benzene rings is 1. The van der Waals surface area contributed by atoms with Crippen molar-refractivity contribution in [2.24, 2.45) is 0 Å². The van der Waals surface area contributed by atoms with Gasteiger partial charge in [0.1, 0.15) is 0 Å². The van der Waals surface area contributed by atoms with Crippen LogP contribution in [0.15, 0.2) is 36.8 Å². The highest BCUT2D eigenvalue weighted by Gasteiger charge is 2.17. The third-order valence-corrected chi connectivity index (χ3v) is 4.70. The van der Waals surface area contributed by atoms with Gasteiger partial charge in [-0.05, 0) is 24.6 Å². The standard InChI is InChI=1S/C20H28N4O2/c1-3-26-20-14-17(4-5-19(20)25-2)16-24-12-10-23(11-13-24)9-6-18-15-21-7-8-22-18/h4-5,7-8,14-15H,3,6,9-13,16H2,1-2H3. The topological polar surface area (TPSA) is 50.7 Å². The van der Waals surface area contributed by atoms with E-state index in [1.165, 1.54) is 5.56 Å². The molecule has 2 aromatic rings. The number of methoxy groups -OCH3 is 1. The van der Waals surface area contributed by atoms with E-state index in [1.807, 2.05) is 19.2 Å². The highest BCUT2D eigenvalue weighted by atomic mass is 16.5. The summed E-state index contributed by atoms with van der Waals surface area (Å²) < 4.78 is 11.1. The summed E-state index contributed by atoms with van der Waals surface area (Å²) in [7, 11) is 1.68. The largest absolute Gasteiger partial charge is 0.493 e. The van der Waals surface area contributed by atoms with Crippen LogP contribution < -0.4 is 9.47 Å². The Morgan fingerprint density at radius 3 is 2.54 bits per heavy atom. The number of rotatable bonds is 8. The minimum atomic E-state index is 0.643. The molecule has 6 heteroatoms. The van der Waals surface area contributed by atoms with E-state index in [2.05, 4.69) is 31.9 Å². The van der Waals surface area contributed by atoms with Gasteiger partial charge in [-0.15, -0.1) is 0 Å². The van der Waals surface area contributed by atoms with Crippen molar-refractivity contribution in [3.63, 3.8) is 0 Å². The lowest BCUT2D eigenvalue weighted by Crippen LogP contribution is -2.46. The molecule has 0 radical (unpaired) electrons. The summed E-state index contributed by atoms with van der Waals surface area (Å²) in [5.74, 6) is 1.62. The number of hydrogen-bond acceptors (Lipinski definition) is 6. The van der Waals surface area contributed by atoms with E-state index >= 15 is 0 Å². The van der Waals surface area contributed by atoms with Crippen molar-refractivity contribution in [2.75, 3.05) is 46.4 Å². The Balaban J connectivity index is 1.47. The van der Waals surface area contributed by atoms with E-state index in [1.54, 1.807) is 19.5 Å². The monoisotopic (exact) mass is 356 g/mol. The smallest absolute Gasteiger partial charge is 0.161 e. The zero-order valence-electron chi connectivity index (χ0n) is 15.7. The first-order valence-electron chi connectivity index (χ1n) is 9.27. The molecule has 1 aliphatic heterocycles. The predicted octanol–water partition coefficient (Wildman–Crippen LogP) is 2.24. The van der Waals surface area contributed by atoms with E-state index in [0.29, 0.717) is 6.61 Å². The lowest BCUT2D eigenvalue weighted by atomic mass is 10.1. The van der Waals surface area contributed by atoms with Crippen LogP contribution in [0.1, 0.15) is 18.2 Å². The lowest BCUT2D eigenvalue weighted by Gasteiger charge is -2.34. The maximum Gasteiger partial charge on any atom is 0.161 e. The molecule has 0 N–H and O–H groups in total. The average Bonchev–Trinajstić information content (AvgIpc) is 2.69. The molecular formula is C20H28N4O2. The van der Waals surface area contributed by atoms with Crippen molar-refractivity contribution < 1.29 is 9.47 Å². The Bertz CT molecular complexity index is 673.